The normalized spacial score (nSPS) is 12.7. The van der Waals surface area contributed by atoms with Gasteiger partial charge < -0.3 is 20.3 Å². The van der Waals surface area contributed by atoms with Gasteiger partial charge in [-0.15, -0.1) is 0 Å². The first-order chi connectivity index (χ1) is 38.0. The van der Waals surface area contributed by atoms with E-state index in [2.05, 4.69) is 43.5 Å². The average molecular weight is 1080 g/mol. The van der Waals surface area contributed by atoms with Crippen LogP contribution >= 0.6 is 0 Å². The highest BCUT2D eigenvalue weighted by molar-refractivity contribution is 5.76. The van der Waals surface area contributed by atoms with Crippen LogP contribution in [-0.2, 0) is 14.3 Å². The van der Waals surface area contributed by atoms with E-state index in [1.165, 1.54) is 302 Å². The molecular weight excluding hydrogens is 947 g/mol. The van der Waals surface area contributed by atoms with E-state index in [0.717, 1.165) is 51.4 Å². The monoisotopic (exact) mass is 1080 g/mol. The Labute approximate surface area is 481 Å². The second-order valence-corrected chi connectivity index (χ2v) is 23.9. The molecule has 0 radical (unpaired) electrons. The Morgan fingerprint density at radius 1 is 0.364 bits per heavy atom. The second-order valence-electron chi connectivity index (χ2n) is 23.9. The summed E-state index contributed by atoms with van der Waals surface area (Å²) in [6.07, 6.45) is 85.0. The number of amides is 1. The Kier molecular flexibility index (Phi) is 64.9. The predicted octanol–water partition coefficient (Wildman–Crippen LogP) is 22.3. The first-order valence-corrected chi connectivity index (χ1v) is 34.8. The molecule has 0 bridgehead atoms. The molecule has 0 saturated carbocycles. The minimum Gasteiger partial charge on any atom is -0.466 e. The fourth-order valence-electron chi connectivity index (χ4n) is 10.8. The lowest BCUT2D eigenvalue weighted by Crippen LogP contribution is -2.45. The summed E-state index contributed by atoms with van der Waals surface area (Å²) in [7, 11) is 0. The molecule has 0 aromatic heterocycles. The number of ether oxygens (including phenoxy) is 1. The number of hydrogen-bond donors (Lipinski definition) is 3. The highest BCUT2D eigenvalue weighted by atomic mass is 16.5. The molecule has 77 heavy (non-hydrogen) atoms. The Morgan fingerprint density at radius 2 is 0.649 bits per heavy atom. The number of aliphatic hydroxyl groups is 2. The van der Waals surface area contributed by atoms with Crippen molar-refractivity contribution in [2.75, 3.05) is 13.2 Å². The molecule has 0 heterocycles. The number of nitrogens with one attached hydrogen (secondary N) is 1. The molecule has 1 amide bonds. The molecule has 0 aromatic rings. The van der Waals surface area contributed by atoms with Crippen LogP contribution in [-0.4, -0.2) is 47.4 Å². The molecule has 0 aliphatic carbocycles. The quantitative estimate of drug-likeness (QED) is 0.0320. The van der Waals surface area contributed by atoms with Gasteiger partial charge in [0.15, 0.2) is 0 Å². The molecular formula is C71H135NO5. The van der Waals surface area contributed by atoms with Crippen LogP contribution in [0.4, 0.5) is 0 Å². The van der Waals surface area contributed by atoms with Crippen LogP contribution in [0.25, 0.3) is 0 Å². The topological polar surface area (TPSA) is 95.9 Å². The van der Waals surface area contributed by atoms with Crippen molar-refractivity contribution in [1.29, 1.82) is 0 Å². The molecule has 0 rings (SSSR count). The minimum absolute atomic E-state index is 0.0107. The molecule has 3 N–H and O–H groups in total. The SMILES string of the molecule is CCCCCC/C=C\C/C=C\CCCCCCCCCC(=O)OCCCCCCCCCCCCCCCCCCCCCCCCCCCCCC(=O)NC(CO)C(O)/C=C/CCCCCCCCCCCCCCC. The number of aliphatic hydroxyl groups excluding tert-OH is 2. The minimum atomic E-state index is -0.842. The summed E-state index contributed by atoms with van der Waals surface area (Å²) in [6, 6.07) is -0.626. The number of carbonyl (C=O) groups excluding carboxylic acids is 2. The van der Waals surface area contributed by atoms with Crippen LogP contribution in [0.3, 0.4) is 0 Å². The van der Waals surface area contributed by atoms with E-state index in [-0.39, 0.29) is 18.5 Å². The van der Waals surface area contributed by atoms with Crippen LogP contribution in [0.15, 0.2) is 36.5 Å². The van der Waals surface area contributed by atoms with Gasteiger partial charge in [0.05, 0.1) is 25.4 Å². The molecule has 6 heteroatoms. The van der Waals surface area contributed by atoms with E-state index in [1.54, 1.807) is 6.08 Å². The van der Waals surface area contributed by atoms with E-state index in [4.69, 9.17) is 4.74 Å². The summed E-state index contributed by atoms with van der Waals surface area (Å²) < 4.78 is 5.50. The van der Waals surface area contributed by atoms with E-state index in [0.29, 0.717) is 19.4 Å². The van der Waals surface area contributed by atoms with Gasteiger partial charge in [-0.3, -0.25) is 9.59 Å². The summed E-state index contributed by atoms with van der Waals surface area (Å²) in [4.78, 5) is 24.6. The second kappa shape index (κ2) is 66.6. The van der Waals surface area contributed by atoms with Crippen molar-refractivity contribution in [2.24, 2.45) is 0 Å². The fraction of sp³-hybridized carbons (Fsp3) is 0.887. The molecule has 0 saturated heterocycles. The van der Waals surface area contributed by atoms with Crippen LogP contribution in [0.5, 0.6) is 0 Å². The highest BCUT2D eigenvalue weighted by Crippen LogP contribution is 2.18. The van der Waals surface area contributed by atoms with E-state index < -0.39 is 12.1 Å². The molecule has 454 valence electrons. The number of carbonyl (C=O) groups is 2. The van der Waals surface area contributed by atoms with Crippen molar-refractivity contribution < 1.29 is 24.5 Å². The van der Waals surface area contributed by atoms with Gasteiger partial charge in [0, 0.05) is 12.8 Å². The van der Waals surface area contributed by atoms with Crippen LogP contribution in [0.2, 0.25) is 0 Å². The number of esters is 1. The summed E-state index contributed by atoms with van der Waals surface area (Å²) in [6.45, 7) is 4.91. The van der Waals surface area contributed by atoms with Gasteiger partial charge in [0.1, 0.15) is 0 Å². The molecule has 0 fully saturated rings. The first-order valence-electron chi connectivity index (χ1n) is 34.8. The zero-order valence-corrected chi connectivity index (χ0v) is 52.0. The fourth-order valence-corrected chi connectivity index (χ4v) is 10.8. The number of unbranched alkanes of at least 4 members (excludes halogenated alkanes) is 50. The van der Waals surface area contributed by atoms with Crippen LogP contribution in [0.1, 0.15) is 380 Å². The number of allylic oxidation sites excluding steroid dienone is 5. The lowest BCUT2D eigenvalue weighted by molar-refractivity contribution is -0.143. The third-order valence-electron chi connectivity index (χ3n) is 16.2. The van der Waals surface area contributed by atoms with Gasteiger partial charge in [0.25, 0.3) is 0 Å². The van der Waals surface area contributed by atoms with Crippen molar-refractivity contribution in [3.63, 3.8) is 0 Å². The third-order valence-corrected chi connectivity index (χ3v) is 16.2. The number of hydrogen-bond acceptors (Lipinski definition) is 5. The Balaban J connectivity index is 3.36. The lowest BCUT2D eigenvalue weighted by atomic mass is 10.0. The maximum Gasteiger partial charge on any atom is 0.305 e. The lowest BCUT2D eigenvalue weighted by Gasteiger charge is -2.20. The molecule has 0 spiro atoms. The third kappa shape index (κ3) is 63.1. The van der Waals surface area contributed by atoms with Gasteiger partial charge >= 0.3 is 5.97 Å². The molecule has 2 unspecified atom stereocenters. The van der Waals surface area contributed by atoms with Crippen molar-refractivity contribution in [3.8, 4) is 0 Å². The molecule has 2 atom stereocenters. The molecule has 0 aliphatic heterocycles. The zero-order chi connectivity index (χ0) is 55.7. The summed E-state index contributed by atoms with van der Waals surface area (Å²) >= 11 is 0. The zero-order valence-electron chi connectivity index (χ0n) is 52.0. The number of rotatable bonds is 65. The first kappa shape index (κ1) is 75.1. The Morgan fingerprint density at radius 3 is 1.00 bits per heavy atom. The summed E-state index contributed by atoms with van der Waals surface area (Å²) in [5.41, 5.74) is 0. The van der Waals surface area contributed by atoms with Crippen molar-refractivity contribution >= 4 is 11.9 Å². The maximum atomic E-state index is 12.5. The highest BCUT2D eigenvalue weighted by Gasteiger charge is 2.18. The summed E-state index contributed by atoms with van der Waals surface area (Å²) in [5.74, 6) is -0.0526. The van der Waals surface area contributed by atoms with Gasteiger partial charge in [-0.25, -0.2) is 0 Å². The van der Waals surface area contributed by atoms with Gasteiger partial charge in [-0.05, 0) is 64.2 Å². The van der Waals surface area contributed by atoms with Gasteiger partial charge in [-0.2, -0.15) is 0 Å². The van der Waals surface area contributed by atoms with Gasteiger partial charge in [0.2, 0.25) is 5.91 Å². The molecule has 6 nitrogen and oxygen atoms in total. The largest absolute Gasteiger partial charge is 0.466 e. The smallest absolute Gasteiger partial charge is 0.305 e. The summed E-state index contributed by atoms with van der Waals surface area (Å²) in [5, 5.41) is 23.2. The van der Waals surface area contributed by atoms with Crippen LogP contribution in [0, 0.1) is 0 Å². The van der Waals surface area contributed by atoms with Gasteiger partial charge in [-0.1, -0.05) is 339 Å². The van der Waals surface area contributed by atoms with Crippen LogP contribution < -0.4 is 5.32 Å². The average Bonchev–Trinajstić information content (AvgIpc) is 3.43. The molecule has 0 aromatic carbocycles. The van der Waals surface area contributed by atoms with E-state index in [9.17, 15) is 19.8 Å². The van der Waals surface area contributed by atoms with Crippen molar-refractivity contribution in [2.45, 2.75) is 392 Å². The van der Waals surface area contributed by atoms with Crippen molar-refractivity contribution in [1.82, 2.24) is 5.32 Å². The van der Waals surface area contributed by atoms with E-state index in [1.807, 2.05) is 6.08 Å². The predicted molar refractivity (Wildman–Crippen MR) is 338 cm³/mol. The molecule has 0 aliphatic rings. The Hall–Kier alpha value is -1.92. The maximum absolute atomic E-state index is 12.5. The van der Waals surface area contributed by atoms with E-state index >= 15 is 0 Å². The standard InChI is InChI=1S/C71H135NO5/c1-3-5-7-9-11-13-15-17-19-20-33-37-41-45-49-53-57-61-65-71(76)77-66-62-58-54-50-46-42-38-34-31-29-27-25-23-21-22-24-26-28-30-32-36-40-44-48-52-56-60-64-70(75)72-68(67-73)69(74)63-59-55-51-47-43-39-35-18-16-14-12-10-8-6-4-2/h13,15,19-20,59,63,68-69,73-74H,3-12,14,16-18,21-58,60-62,64-67H2,1-2H3,(H,72,75)/b15-13-,20-19-,63-59+. The van der Waals surface area contributed by atoms with Crippen molar-refractivity contribution in [3.05, 3.63) is 36.5 Å². The Bertz CT molecular complexity index is 1250.